The van der Waals surface area contributed by atoms with E-state index < -0.39 is 12.1 Å². The lowest BCUT2D eigenvalue weighted by atomic mass is 10.1. The first-order chi connectivity index (χ1) is 15.0. The van der Waals surface area contributed by atoms with Gasteiger partial charge in [0.1, 0.15) is 5.52 Å². The minimum absolute atomic E-state index is 0.288. The molecule has 0 aliphatic carbocycles. The summed E-state index contributed by atoms with van der Waals surface area (Å²) in [6, 6.07) is 21.7. The summed E-state index contributed by atoms with van der Waals surface area (Å²) < 4.78 is 11.4. The predicted octanol–water partition coefficient (Wildman–Crippen LogP) is 5.38. The van der Waals surface area contributed by atoms with Crippen molar-refractivity contribution in [3.63, 3.8) is 0 Å². The van der Waals surface area contributed by atoms with E-state index in [0.29, 0.717) is 34.7 Å². The third-order valence-electron chi connectivity index (χ3n) is 4.87. The highest BCUT2D eigenvalue weighted by Crippen LogP contribution is 2.27. The van der Waals surface area contributed by atoms with Gasteiger partial charge in [-0.3, -0.25) is 4.79 Å². The van der Waals surface area contributed by atoms with Crippen LogP contribution in [0.4, 0.5) is 5.69 Å². The average molecular weight is 414 g/mol. The second kappa shape index (κ2) is 8.83. The van der Waals surface area contributed by atoms with Crippen LogP contribution in [-0.2, 0) is 9.53 Å². The number of aromatic nitrogens is 1. The maximum atomic E-state index is 13.0. The van der Waals surface area contributed by atoms with Crippen molar-refractivity contribution in [3.05, 3.63) is 83.9 Å². The Bertz CT molecular complexity index is 1210. The van der Waals surface area contributed by atoms with Gasteiger partial charge in [-0.05, 0) is 55.3 Å². The van der Waals surface area contributed by atoms with Crippen molar-refractivity contribution in [2.24, 2.45) is 0 Å². The first kappa shape index (κ1) is 20.3. The zero-order chi connectivity index (χ0) is 21.8. The molecule has 31 heavy (non-hydrogen) atoms. The van der Waals surface area contributed by atoms with Crippen LogP contribution in [0, 0.1) is 6.92 Å². The number of ether oxygens (including phenoxy) is 1. The molecule has 0 bridgehead atoms. The predicted molar refractivity (Wildman–Crippen MR) is 119 cm³/mol. The molecule has 1 unspecified atom stereocenters. The van der Waals surface area contributed by atoms with Crippen molar-refractivity contribution in [2.75, 3.05) is 5.32 Å². The number of aryl methyl sites for hydroxylation is 1. The van der Waals surface area contributed by atoms with Crippen molar-refractivity contribution >= 4 is 28.7 Å². The van der Waals surface area contributed by atoms with Crippen LogP contribution < -0.4 is 5.32 Å². The summed E-state index contributed by atoms with van der Waals surface area (Å²) in [6.07, 6.45) is -0.584. The molecule has 0 saturated heterocycles. The van der Waals surface area contributed by atoms with E-state index in [9.17, 15) is 9.59 Å². The lowest BCUT2D eigenvalue weighted by Crippen LogP contribution is -2.32. The molecule has 0 aliphatic heterocycles. The summed E-state index contributed by atoms with van der Waals surface area (Å²) in [6.45, 7) is 3.73. The molecule has 6 heteroatoms. The number of anilines is 1. The van der Waals surface area contributed by atoms with Crippen molar-refractivity contribution in [3.8, 4) is 11.5 Å². The third kappa shape index (κ3) is 4.48. The van der Waals surface area contributed by atoms with Crippen molar-refractivity contribution in [2.45, 2.75) is 26.4 Å². The largest absolute Gasteiger partial charge is 0.449 e. The summed E-state index contributed by atoms with van der Waals surface area (Å²) in [7, 11) is 0. The molecule has 1 N–H and O–H groups in total. The molecule has 156 valence electrons. The number of rotatable bonds is 6. The number of nitrogens with zero attached hydrogens (tertiary/aromatic N) is 1. The number of carbonyl (C=O) groups excluding carboxylic acids is 2. The Kier molecular flexibility index (Phi) is 5.80. The number of amides is 1. The fourth-order valence-corrected chi connectivity index (χ4v) is 3.30. The molecule has 0 radical (unpaired) electrons. The second-order valence-corrected chi connectivity index (χ2v) is 7.19. The number of fused-ring (bicyclic) bond motifs is 1. The van der Waals surface area contributed by atoms with E-state index in [4.69, 9.17) is 9.15 Å². The van der Waals surface area contributed by atoms with Crippen LogP contribution in [0.3, 0.4) is 0 Å². The van der Waals surface area contributed by atoms with Gasteiger partial charge in [-0.15, -0.1) is 0 Å². The summed E-state index contributed by atoms with van der Waals surface area (Å²) in [4.78, 5) is 30.1. The maximum absolute atomic E-state index is 13.0. The van der Waals surface area contributed by atoms with Crippen LogP contribution in [0.2, 0.25) is 0 Å². The normalized spacial score (nSPS) is 11.8. The molecule has 1 aromatic heterocycles. The fraction of sp³-hybridized carbons (Fsp3) is 0.160. The van der Waals surface area contributed by atoms with Crippen LogP contribution in [0.1, 0.15) is 29.3 Å². The smallest absolute Gasteiger partial charge is 0.339 e. The molecule has 0 saturated carbocycles. The number of carbonyl (C=O) groups is 2. The SMILES string of the molecule is CCC(OC(=O)c1ccccc1-c1nc2ccccc2o1)C(=O)Nc1cccc(C)c1. The van der Waals surface area contributed by atoms with Crippen LogP contribution in [0.25, 0.3) is 22.6 Å². The van der Waals surface area contributed by atoms with Gasteiger partial charge >= 0.3 is 5.97 Å². The number of benzene rings is 3. The van der Waals surface area contributed by atoms with E-state index in [2.05, 4.69) is 10.3 Å². The van der Waals surface area contributed by atoms with Gasteiger partial charge < -0.3 is 14.5 Å². The maximum Gasteiger partial charge on any atom is 0.339 e. The fourth-order valence-electron chi connectivity index (χ4n) is 3.30. The molecular weight excluding hydrogens is 392 g/mol. The Labute approximate surface area is 179 Å². The van der Waals surface area contributed by atoms with Crippen LogP contribution in [0.5, 0.6) is 0 Å². The van der Waals surface area contributed by atoms with Gasteiger partial charge in [0.2, 0.25) is 5.89 Å². The minimum Gasteiger partial charge on any atom is -0.449 e. The third-order valence-corrected chi connectivity index (χ3v) is 4.87. The Morgan fingerprint density at radius 2 is 1.81 bits per heavy atom. The average Bonchev–Trinajstić information content (AvgIpc) is 3.21. The van der Waals surface area contributed by atoms with E-state index in [1.54, 1.807) is 37.3 Å². The lowest BCUT2D eigenvalue weighted by molar-refractivity contribution is -0.124. The number of esters is 1. The lowest BCUT2D eigenvalue weighted by Gasteiger charge is -2.17. The summed E-state index contributed by atoms with van der Waals surface area (Å²) in [5, 5.41) is 2.81. The molecule has 6 nitrogen and oxygen atoms in total. The first-order valence-corrected chi connectivity index (χ1v) is 10.1. The van der Waals surface area contributed by atoms with E-state index in [-0.39, 0.29) is 11.5 Å². The summed E-state index contributed by atoms with van der Waals surface area (Å²) >= 11 is 0. The quantitative estimate of drug-likeness (QED) is 0.429. The highest BCUT2D eigenvalue weighted by Gasteiger charge is 2.25. The van der Waals surface area contributed by atoms with Gasteiger partial charge in [0.05, 0.1) is 11.1 Å². The highest BCUT2D eigenvalue weighted by molar-refractivity contribution is 6.00. The monoisotopic (exact) mass is 414 g/mol. The van der Waals surface area contributed by atoms with Crippen molar-refractivity contribution in [1.82, 2.24) is 4.98 Å². The first-order valence-electron chi connectivity index (χ1n) is 10.1. The molecule has 0 spiro atoms. The number of para-hydroxylation sites is 2. The van der Waals surface area contributed by atoms with Crippen LogP contribution in [0.15, 0.2) is 77.2 Å². The number of hydrogen-bond acceptors (Lipinski definition) is 5. The van der Waals surface area contributed by atoms with E-state index in [1.165, 1.54) is 0 Å². The van der Waals surface area contributed by atoms with Crippen molar-refractivity contribution in [1.29, 1.82) is 0 Å². The van der Waals surface area contributed by atoms with Crippen LogP contribution in [-0.4, -0.2) is 23.0 Å². The Morgan fingerprint density at radius 1 is 1.03 bits per heavy atom. The molecule has 3 aromatic carbocycles. The second-order valence-electron chi connectivity index (χ2n) is 7.19. The topological polar surface area (TPSA) is 81.4 Å². The molecule has 4 rings (SSSR count). The van der Waals surface area contributed by atoms with Gasteiger partial charge in [0.25, 0.3) is 5.91 Å². The number of nitrogens with one attached hydrogen (secondary N) is 1. The standard InChI is InChI=1S/C25H22N2O4/c1-3-21(23(28)26-17-10-8-9-16(2)15-17)31-25(29)19-12-5-4-11-18(19)24-27-20-13-6-7-14-22(20)30-24/h4-15,21H,3H2,1-2H3,(H,26,28). The van der Waals surface area contributed by atoms with Gasteiger partial charge in [0, 0.05) is 5.69 Å². The van der Waals surface area contributed by atoms with E-state index >= 15 is 0 Å². The summed E-state index contributed by atoms with van der Waals surface area (Å²) in [5.41, 5.74) is 3.81. The molecule has 1 atom stereocenters. The van der Waals surface area contributed by atoms with E-state index in [1.807, 2.05) is 49.4 Å². The Morgan fingerprint density at radius 3 is 2.58 bits per heavy atom. The number of hydrogen-bond donors (Lipinski definition) is 1. The molecule has 1 heterocycles. The molecule has 0 aliphatic rings. The van der Waals surface area contributed by atoms with Gasteiger partial charge in [-0.1, -0.05) is 43.3 Å². The van der Waals surface area contributed by atoms with Crippen LogP contribution >= 0.6 is 0 Å². The zero-order valence-electron chi connectivity index (χ0n) is 17.3. The highest BCUT2D eigenvalue weighted by atomic mass is 16.5. The zero-order valence-corrected chi connectivity index (χ0v) is 17.3. The van der Waals surface area contributed by atoms with Gasteiger partial charge in [0.15, 0.2) is 11.7 Å². The summed E-state index contributed by atoms with van der Waals surface area (Å²) in [5.74, 6) is -0.657. The van der Waals surface area contributed by atoms with E-state index in [0.717, 1.165) is 5.56 Å². The molecule has 0 fully saturated rings. The molecular formula is C25H22N2O4. The van der Waals surface area contributed by atoms with Crippen molar-refractivity contribution < 1.29 is 18.7 Å². The number of oxazole rings is 1. The Hall–Kier alpha value is -3.93. The molecule has 1 amide bonds. The molecule has 4 aromatic rings. The Balaban J connectivity index is 1.55. The minimum atomic E-state index is -0.926. The van der Waals surface area contributed by atoms with Gasteiger partial charge in [-0.2, -0.15) is 0 Å². The van der Waals surface area contributed by atoms with Gasteiger partial charge in [-0.25, -0.2) is 9.78 Å².